The van der Waals surface area contributed by atoms with E-state index in [1.807, 2.05) is 0 Å². The van der Waals surface area contributed by atoms with Crippen LogP contribution in [0.4, 0.5) is 0 Å². The predicted octanol–water partition coefficient (Wildman–Crippen LogP) is 1.50. The van der Waals surface area contributed by atoms with E-state index >= 15 is 0 Å². The van der Waals surface area contributed by atoms with Crippen LogP contribution in [-0.2, 0) is 0 Å². The maximum atomic E-state index is 5.93. The van der Waals surface area contributed by atoms with Crippen LogP contribution < -0.4 is 11.1 Å². The lowest BCUT2D eigenvalue weighted by atomic mass is 9.81. The lowest BCUT2D eigenvalue weighted by molar-refractivity contribution is 0.217. The van der Waals surface area contributed by atoms with E-state index in [9.17, 15) is 0 Å². The first-order chi connectivity index (χ1) is 6.30. The Morgan fingerprint density at radius 3 is 2.77 bits per heavy atom. The van der Waals surface area contributed by atoms with Gasteiger partial charge in [-0.15, -0.1) is 0 Å². The number of hydrogen-bond acceptors (Lipinski definition) is 2. The third-order valence-electron chi connectivity index (χ3n) is 4.07. The SMILES string of the molecule is CCCNC1(CN)CC2CCC1C2. The van der Waals surface area contributed by atoms with Crippen molar-refractivity contribution in [3.8, 4) is 0 Å². The van der Waals surface area contributed by atoms with Gasteiger partial charge in [-0.05, 0) is 44.1 Å². The molecule has 0 radical (unpaired) electrons. The van der Waals surface area contributed by atoms with Crippen LogP contribution in [0.5, 0.6) is 0 Å². The molecule has 0 spiro atoms. The normalized spacial score (nSPS) is 42.9. The summed E-state index contributed by atoms with van der Waals surface area (Å²) in [5.41, 5.74) is 6.27. The molecule has 3 atom stereocenters. The molecular weight excluding hydrogens is 160 g/mol. The molecule has 3 unspecified atom stereocenters. The van der Waals surface area contributed by atoms with Crippen LogP contribution in [0.2, 0.25) is 0 Å². The third-order valence-corrected chi connectivity index (χ3v) is 4.07. The summed E-state index contributed by atoms with van der Waals surface area (Å²) in [6, 6.07) is 0. The van der Waals surface area contributed by atoms with E-state index < -0.39 is 0 Å². The van der Waals surface area contributed by atoms with Gasteiger partial charge in [-0.3, -0.25) is 0 Å². The maximum absolute atomic E-state index is 5.93. The molecule has 0 aromatic rings. The summed E-state index contributed by atoms with van der Waals surface area (Å²) in [5.74, 6) is 1.87. The second-order valence-corrected chi connectivity index (χ2v) is 4.87. The highest BCUT2D eigenvalue weighted by Gasteiger charge is 2.49. The van der Waals surface area contributed by atoms with Gasteiger partial charge in [-0.2, -0.15) is 0 Å². The number of nitrogens with two attached hydrogens (primary N) is 1. The van der Waals surface area contributed by atoms with Crippen LogP contribution in [0, 0.1) is 11.8 Å². The van der Waals surface area contributed by atoms with Crippen molar-refractivity contribution in [3.05, 3.63) is 0 Å². The highest BCUT2D eigenvalue weighted by atomic mass is 15.0. The van der Waals surface area contributed by atoms with Crippen molar-refractivity contribution in [1.29, 1.82) is 0 Å². The average Bonchev–Trinajstić information content (AvgIpc) is 2.74. The summed E-state index contributed by atoms with van der Waals surface area (Å²) in [7, 11) is 0. The van der Waals surface area contributed by atoms with E-state index in [2.05, 4.69) is 12.2 Å². The molecule has 2 aliphatic carbocycles. The van der Waals surface area contributed by atoms with Crippen molar-refractivity contribution >= 4 is 0 Å². The topological polar surface area (TPSA) is 38.0 Å². The van der Waals surface area contributed by atoms with Gasteiger partial charge in [0.1, 0.15) is 0 Å². The van der Waals surface area contributed by atoms with Gasteiger partial charge in [-0.25, -0.2) is 0 Å². The Hall–Kier alpha value is -0.0800. The lowest BCUT2D eigenvalue weighted by Crippen LogP contribution is -2.55. The molecule has 2 aliphatic rings. The van der Waals surface area contributed by atoms with E-state index in [0.717, 1.165) is 24.9 Å². The van der Waals surface area contributed by atoms with Crippen molar-refractivity contribution in [2.75, 3.05) is 13.1 Å². The van der Waals surface area contributed by atoms with E-state index in [1.54, 1.807) is 0 Å². The molecule has 0 saturated heterocycles. The van der Waals surface area contributed by atoms with Crippen molar-refractivity contribution in [2.24, 2.45) is 17.6 Å². The fourth-order valence-corrected chi connectivity index (χ4v) is 3.36. The van der Waals surface area contributed by atoms with Gasteiger partial charge in [0.15, 0.2) is 0 Å². The molecule has 2 heteroatoms. The van der Waals surface area contributed by atoms with E-state index in [0.29, 0.717) is 5.54 Å². The quantitative estimate of drug-likeness (QED) is 0.691. The van der Waals surface area contributed by atoms with Crippen molar-refractivity contribution in [1.82, 2.24) is 5.32 Å². The molecule has 0 amide bonds. The minimum absolute atomic E-state index is 0.332. The van der Waals surface area contributed by atoms with Crippen LogP contribution in [0.1, 0.15) is 39.0 Å². The van der Waals surface area contributed by atoms with Crippen LogP contribution >= 0.6 is 0 Å². The Kier molecular flexibility index (Phi) is 2.61. The van der Waals surface area contributed by atoms with Crippen molar-refractivity contribution in [2.45, 2.75) is 44.6 Å². The highest BCUT2D eigenvalue weighted by molar-refractivity contribution is 5.06. The van der Waals surface area contributed by atoms with Crippen molar-refractivity contribution < 1.29 is 0 Å². The van der Waals surface area contributed by atoms with Gasteiger partial charge in [0, 0.05) is 12.1 Å². The second kappa shape index (κ2) is 3.58. The largest absolute Gasteiger partial charge is 0.329 e. The first-order valence-electron chi connectivity index (χ1n) is 5.76. The maximum Gasteiger partial charge on any atom is 0.0335 e. The molecule has 0 aromatic carbocycles. The number of rotatable bonds is 4. The molecule has 2 saturated carbocycles. The fourth-order valence-electron chi connectivity index (χ4n) is 3.36. The van der Waals surface area contributed by atoms with Gasteiger partial charge >= 0.3 is 0 Å². The molecule has 2 nitrogen and oxygen atoms in total. The number of fused-ring (bicyclic) bond motifs is 2. The van der Waals surface area contributed by atoms with Crippen molar-refractivity contribution in [3.63, 3.8) is 0 Å². The van der Waals surface area contributed by atoms with Gasteiger partial charge in [0.2, 0.25) is 0 Å². The zero-order chi connectivity index (χ0) is 9.31. The van der Waals surface area contributed by atoms with Gasteiger partial charge in [0.05, 0.1) is 0 Å². The number of hydrogen-bond donors (Lipinski definition) is 2. The summed E-state index contributed by atoms with van der Waals surface area (Å²) in [6.45, 7) is 4.21. The highest BCUT2D eigenvalue weighted by Crippen LogP contribution is 2.50. The summed E-state index contributed by atoms with van der Waals surface area (Å²) in [6.07, 6.45) is 6.88. The van der Waals surface area contributed by atoms with Crippen LogP contribution in [0.15, 0.2) is 0 Å². The zero-order valence-electron chi connectivity index (χ0n) is 8.68. The van der Waals surface area contributed by atoms with Crippen LogP contribution in [0.3, 0.4) is 0 Å². The van der Waals surface area contributed by atoms with Gasteiger partial charge in [0.25, 0.3) is 0 Å². The molecule has 0 heterocycles. The molecule has 0 aromatic heterocycles. The van der Waals surface area contributed by atoms with Gasteiger partial charge in [-0.1, -0.05) is 13.3 Å². The molecule has 2 rings (SSSR count). The van der Waals surface area contributed by atoms with E-state index in [1.165, 1.54) is 32.1 Å². The lowest BCUT2D eigenvalue weighted by Gasteiger charge is -2.37. The minimum Gasteiger partial charge on any atom is -0.329 e. The summed E-state index contributed by atoms with van der Waals surface area (Å²) < 4.78 is 0. The average molecular weight is 182 g/mol. The van der Waals surface area contributed by atoms with Crippen LogP contribution in [-0.4, -0.2) is 18.6 Å². The zero-order valence-corrected chi connectivity index (χ0v) is 8.68. The smallest absolute Gasteiger partial charge is 0.0335 e. The standard InChI is InChI=1S/C11H22N2/c1-2-5-13-11(8-12)7-9-3-4-10(11)6-9/h9-10,13H,2-8,12H2,1H3. The van der Waals surface area contributed by atoms with Crippen LogP contribution in [0.25, 0.3) is 0 Å². The summed E-state index contributed by atoms with van der Waals surface area (Å²) in [4.78, 5) is 0. The molecular formula is C11H22N2. The van der Waals surface area contributed by atoms with E-state index in [-0.39, 0.29) is 0 Å². The summed E-state index contributed by atoms with van der Waals surface area (Å²) in [5, 5.41) is 3.70. The molecule has 2 fully saturated rings. The molecule has 76 valence electrons. The Bertz CT molecular complexity index is 181. The predicted molar refractivity (Wildman–Crippen MR) is 55.5 cm³/mol. The molecule has 3 N–H and O–H groups in total. The third kappa shape index (κ3) is 1.50. The van der Waals surface area contributed by atoms with E-state index in [4.69, 9.17) is 5.73 Å². The Morgan fingerprint density at radius 1 is 1.46 bits per heavy atom. The Labute approximate surface area is 81.3 Å². The first kappa shape index (κ1) is 9.47. The van der Waals surface area contributed by atoms with Gasteiger partial charge < -0.3 is 11.1 Å². The Balaban J connectivity index is 1.99. The first-order valence-corrected chi connectivity index (χ1v) is 5.76. The second-order valence-electron chi connectivity index (χ2n) is 4.87. The summed E-state index contributed by atoms with van der Waals surface area (Å²) >= 11 is 0. The molecule has 13 heavy (non-hydrogen) atoms. The number of nitrogens with one attached hydrogen (secondary N) is 1. The molecule has 2 bridgehead atoms. The molecule has 0 aliphatic heterocycles. The monoisotopic (exact) mass is 182 g/mol. The Morgan fingerprint density at radius 2 is 2.31 bits per heavy atom. The minimum atomic E-state index is 0.332. The fraction of sp³-hybridized carbons (Fsp3) is 1.00.